The number of hydrogen-bond acceptors (Lipinski definition) is 2. The van der Waals surface area contributed by atoms with Gasteiger partial charge >= 0.3 is 0 Å². The van der Waals surface area contributed by atoms with E-state index in [0.717, 1.165) is 24.8 Å². The Hall–Kier alpha value is -1.19. The maximum atomic E-state index is 12.8. The molecule has 0 saturated carbocycles. The first-order valence-corrected chi connectivity index (χ1v) is 6.19. The minimum Gasteiger partial charge on any atom is -0.271 e. The molecule has 92 valence electrons. The van der Waals surface area contributed by atoms with Crippen molar-refractivity contribution in [3.63, 3.8) is 0 Å². The monoisotopic (exact) mass is 234 g/mol. The van der Waals surface area contributed by atoms with E-state index in [-0.39, 0.29) is 11.9 Å². The molecule has 3 N–H and O–H groups in total. The molecule has 2 rings (SSSR count). The van der Waals surface area contributed by atoms with E-state index in [1.54, 1.807) is 0 Å². The third-order valence-electron chi connectivity index (χ3n) is 3.33. The van der Waals surface area contributed by atoms with E-state index < -0.39 is 0 Å². The lowest BCUT2D eigenvalue weighted by molar-refractivity contribution is 0.542. The molecule has 1 aliphatic carbocycles. The Morgan fingerprint density at radius 2 is 2.00 bits per heavy atom. The van der Waals surface area contributed by atoms with Gasteiger partial charge in [-0.2, -0.15) is 0 Å². The molecular weight excluding hydrogens is 215 g/mol. The summed E-state index contributed by atoms with van der Waals surface area (Å²) in [6.45, 7) is 0. The molecule has 0 aromatic heterocycles. The molecule has 0 radical (unpaired) electrons. The number of halogens is 1. The van der Waals surface area contributed by atoms with Gasteiger partial charge in [0.05, 0.1) is 0 Å². The lowest BCUT2D eigenvalue weighted by atomic mass is 9.90. The van der Waals surface area contributed by atoms with Gasteiger partial charge < -0.3 is 0 Å². The van der Waals surface area contributed by atoms with E-state index in [9.17, 15) is 4.39 Å². The number of benzene rings is 1. The Morgan fingerprint density at radius 3 is 2.59 bits per heavy atom. The van der Waals surface area contributed by atoms with Crippen molar-refractivity contribution in [2.75, 3.05) is 0 Å². The van der Waals surface area contributed by atoms with Crippen molar-refractivity contribution >= 4 is 0 Å². The quantitative estimate of drug-likeness (QED) is 0.477. The third kappa shape index (κ3) is 3.38. The largest absolute Gasteiger partial charge is 0.271 e. The van der Waals surface area contributed by atoms with Gasteiger partial charge in [-0.05, 0) is 49.8 Å². The highest BCUT2D eigenvalue weighted by molar-refractivity contribution is 5.22. The van der Waals surface area contributed by atoms with Crippen LogP contribution < -0.4 is 11.3 Å². The Kier molecular flexibility index (Phi) is 4.29. The van der Waals surface area contributed by atoms with Crippen LogP contribution in [0, 0.1) is 5.82 Å². The van der Waals surface area contributed by atoms with Crippen LogP contribution in [0.4, 0.5) is 4.39 Å². The van der Waals surface area contributed by atoms with E-state index in [1.807, 2.05) is 12.1 Å². The predicted molar refractivity (Wildman–Crippen MR) is 67.8 cm³/mol. The maximum Gasteiger partial charge on any atom is 0.123 e. The molecule has 1 aromatic carbocycles. The van der Waals surface area contributed by atoms with Gasteiger partial charge in [0, 0.05) is 6.04 Å². The highest BCUT2D eigenvalue weighted by Gasteiger charge is 2.15. The fraction of sp³-hybridized carbons (Fsp3) is 0.429. The molecule has 0 aliphatic heterocycles. The van der Waals surface area contributed by atoms with Crippen molar-refractivity contribution < 1.29 is 4.39 Å². The molecule has 1 atom stereocenters. The van der Waals surface area contributed by atoms with Gasteiger partial charge in [-0.1, -0.05) is 23.8 Å². The van der Waals surface area contributed by atoms with Crippen LogP contribution in [0.25, 0.3) is 0 Å². The Morgan fingerprint density at radius 1 is 1.24 bits per heavy atom. The fourth-order valence-electron chi connectivity index (χ4n) is 2.33. The summed E-state index contributed by atoms with van der Waals surface area (Å²) < 4.78 is 12.8. The second-order valence-corrected chi connectivity index (χ2v) is 4.57. The van der Waals surface area contributed by atoms with E-state index >= 15 is 0 Å². The number of nitrogens with one attached hydrogen (secondary N) is 1. The summed E-state index contributed by atoms with van der Waals surface area (Å²) in [4.78, 5) is 0. The second kappa shape index (κ2) is 5.94. The predicted octanol–water partition coefficient (Wildman–Crippen LogP) is 2.70. The van der Waals surface area contributed by atoms with Crippen LogP contribution in [0.2, 0.25) is 0 Å². The SMILES string of the molecule is NNC(Cc1ccc(F)cc1)C1=CCCCC1. The van der Waals surface area contributed by atoms with Crippen LogP contribution in [0.15, 0.2) is 35.9 Å². The van der Waals surface area contributed by atoms with Crippen molar-refractivity contribution in [1.29, 1.82) is 0 Å². The first-order valence-electron chi connectivity index (χ1n) is 6.19. The third-order valence-corrected chi connectivity index (χ3v) is 3.33. The van der Waals surface area contributed by atoms with E-state index in [0.29, 0.717) is 0 Å². The van der Waals surface area contributed by atoms with Crippen LogP contribution in [-0.4, -0.2) is 6.04 Å². The maximum absolute atomic E-state index is 12.8. The van der Waals surface area contributed by atoms with Crippen LogP contribution in [0.5, 0.6) is 0 Å². The lowest BCUT2D eigenvalue weighted by Crippen LogP contribution is -2.38. The average Bonchev–Trinajstić information content (AvgIpc) is 2.39. The van der Waals surface area contributed by atoms with Crippen LogP contribution in [-0.2, 0) is 6.42 Å². The van der Waals surface area contributed by atoms with Crippen molar-refractivity contribution in [2.24, 2.45) is 5.84 Å². The summed E-state index contributed by atoms with van der Waals surface area (Å²) in [7, 11) is 0. The first-order chi connectivity index (χ1) is 8.29. The van der Waals surface area contributed by atoms with Gasteiger partial charge in [-0.25, -0.2) is 4.39 Å². The van der Waals surface area contributed by atoms with Crippen LogP contribution in [0.1, 0.15) is 31.2 Å². The molecule has 17 heavy (non-hydrogen) atoms. The topological polar surface area (TPSA) is 38.0 Å². The molecule has 1 unspecified atom stereocenters. The van der Waals surface area contributed by atoms with Gasteiger partial charge in [0.2, 0.25) is 0 Å². The summed E-state index contributed by atoms with van der Waals surface area (Å²) in [5, 5.41) is 0. The van der Waals surface area contributed by atoms with Gasteiger partial charge in [0.25, 0.3) is 0 Å². The summed E-state index contributed by atoms with van der Waals surface area (Å²) in [6.07, 6.45) is 7.90. The Labute approximate surface area is 102 Å². The molecule has 1 aromatic rings. The Balaban J connectivity index is 2.04. The summed E-state index contributed by atoms with van der Waals surface area (Å²) in [5.74, 6) is 5.42. The smallest absolute Gasteiger partial charge is 0.123 e. The number of hydrogen-bond donors (Lipinski definition) is 2. The molecule has 0 amide bonds. The molecule has 0 fully saturated rings. The molecule has 3 heteroatoms. The van der Waals surface area contributed by atoms with E-state index in [2.05, 4.69) is 11.5 Å². The minimum atomic E-state index is -0.192. The van der Waals surface area contributed by atoms with Crippen molar-refractivity contribution in [2.45, 2.75) is 38.1 Å². The molecule has 0 saturated heterocycles. The van der Waals surface area contributed by atoms with Gasteiger partial charge in [0.1, 0.15) is 5.82 Å². The highest BCUT2D eigenvalue weighted by Crippen LogP contribution is 2.22. The van der Waals surface area contributed by atoms with Crippen LogP contribution >= 0.6 is 0 Å². The zero-order valence-electron chi connectivity index (χ0n) is 9.95. The molecule has 0 heterocycles. The van der Waals surface area contributed by atoms with Gasteiger partial charge in [0.15, 0.2) is 0 Å². The minimum absolute atomic E-state index is 0.181. The molecule has 0 spiro atoms. The van der Waals surface area contributed by atoms with Crippen molar-refractivity contribution in [3.05, 3.63) is 47.3 Å². The summed E-state index contributed by atoms with van der Waals surface area (Å²) in [6, 6.07) is 6.82. The summed E-state index contributed by atoms with van der Waals surface area (Å²) in [5.41, 5.74) is 5.38. The molecule has 2 nitrogen and oxygen atoms in total. The Bertz CT molecular complexity index is 384. The zero-order chi connectivity index (χ0) is 12.1. The first kappa shape index (κ1) is 12.3. The number of rotatable bonds is 4. The second-order valence-electron chi connectivity index (χ2n) is 4.57. The zero-order valence-corrected chi connectivity index (χ0v) is 9.95. The lowest BCUT2D eigenvalue weighted by Gasteiger charge is -2.22. The molecular formula is C14H19FN2. The van der Waals surface area contributed by atoms with Crippen molar-refractivity contribution in [3.8, 4) is 0 Å². The number of allylic oxidation sites excluding steroid dienone is 1. The standard InChI is InChI=1S/C14H19FN2/c15-13-8-6-11(7-9-13)10-14(17-16)12-4-2-1-3-5-12/h4,6-9,14,17H,1-3,5,10,16H2. The average molecular weight is 234 g/mol. The van der Waals surface area contributed by atoms with E-state index in [1.165, 1.54) is 30.5 Å². The number of hydrazine groups is 1. The van der Waals surface area contributed by atoms with Gasteiger partial charge in [-0.15, -0.1) is 0 Å². The normalized spacial score (nSPS) is 17.6. The van der Waals surface area contributed by atoms with Crippen molar-refractivity contribution in [1.82, 2.24) is 5.43 Å². The highest BCUT2D eigenvalue weighted by atomic mass is 19.1. The fourth-order valence-corrected chi connectivity index (χ4v) is 2.33. The molecule has 0 bridgehead atoms. The molecule has 1 aliphatic rings. The van der Waals surface area contributed by atoms with Gasteiger partial charge in [-0.3, -0.25) is 11.3 Å². The van der Waals surface area contributed by atoms with Crippen LogP contribution in [0.3, 0.4) is 0 Å². The van der Waals surface area contributed by atoms with E-state index in [4.69, 9.17) is 5.84 Å². The summed E-state index contributed by atoms with van der Waals surface area (Å²) >= 11 is 0. The number of nitrogens with two attached hydrogens (primary N) is 1.